The highest BCUT2D eigenvalue weighted by molar-refractivity contribution is 7.14. The number of carbonyl (C=O) groups excluding carboxylic acids is 2. The van der Waals surface area contributed by atoms with E-state index >= 15 is 0 Å². The molecule has 6 heterocycles. The highest BCUT2D eigenvalue weighted by Crippen LogP contribution is 2.39. The molecule has 0 N–H and O–H groups in total. The van der Waals surface area contributed by atoms with Gasteiger partial charge in [-0.05, 0) is 55.4 Å². The predicted octanol–water partition coefficient (Wildman–Crippen LogP) is 9.92. The molecule has 0 radical (unpaired) electrons. The number of nitrogens with zero attached hydrogens (tertiary/aromatic N) is 10. The number of halogens is 5. The van der Waals surface area contributed by atoms with E-state index in [-0.39, 0.29) is 46.9 Å². The maximum Gasteiger partial charge on any atom is 0.410 e. The molecule has 4 aromatic heterocycles. The smallest absolute Gasteiger partial charge is 0.410 e. The first-order chi connectivity index (χ1) is 27.7. The highest BCUT2D eigenvalue weighted by atomic mass is 35.5. The fourth-order valence-corrected chi connectivity index (χ4v) is 8.40. The van der Waals surface area contributed by atoms with E-state index in [4.69, 9.17) is 72.2 Å². The number of anilines is 2. The van der Waals surface area contributed by atoms with Crippen molar-refractivity contribution < 1.29 is 23.8 Å². The summed E-state index contributed by atoms with van der Waals surface area (Å²) in [6, 6.07) is -0.111. The van der Waals surface area contributed by atoms with E-state index in [0.717, 1.165) is 0 Å². The minimum absolute atomic E-state index is 0.0467. The fraction of sp³-hybridized carbons (Fsp3) is 0.514. The third-order valence-electron chi connectivity index (χ3n) is 8.49. The summed E-state index contributed by atoms with van der Waals surface area (Å²) in [6.45, 7) is 21.9. The van der Waals surface area contributed by atoms with E-state index < -0.39 is 11.2 Å². The molecule has 6 rings (SSSR count). The normalized spacial score (nSPS) is 17.3. The molecule has 320 valence electrons. The van der Waals surface area contributed by atoms with Crippen molar-refractivity contribution in [2.75, 3.05) is 55.7 Å². The Hall–Kier alpha value is -3.45. The number of ether oxygens (including phenoxy) is 3. The molecule has 0 unspecified atom stereocenters. The van der Waals surface area contributed by atoms with E-state index in [1.807, 2.05) is 65.2 Å². The number of carbonyl (C=O) groups is 2. The van der Waals surface area contributed by atoms with Gasteiger partial charge in [0.15, 0.2) is 38.7 Å². The Morgan fingerprint density at radius 1 is 0.712 bits per heavy atom. The van der Waals surface area contributed by atoms with E-state index in [1.165, 1.54) is 22.7 Å². The lowest BCUT2D eigenvalue weighted by molar-refractivity contribution is 0.0208. The molecule has 59 heavy (non-hydrogen) atoms. The molecule has 15 nitrogen and oxygen atoms in total. The van der Waals surface area contributed by atoms with Gasteiger partial charge in [0, 0.05) is 51.4 Å². The Kier molecular flexibility index (Phi) is 15.4. The summed E-state index contributed by atoms with van der Waals surface area (Å²) in [6.07, 6.45) is 0.947. The highest BCUT2D eigenvalue weighted by Gasteiger charge is 2.34. The van der Waals surface area contributed by atoms with Gasteiger partial charge in [0.1, 0.15) is 37.6 Å². The topological polar surface area (TPSA) is 152 Å². The van der Waals surface area contributed by atoms with Crippen molar-refractivity contribution in [2.45, 2.75) is 78.7 Å². The lowest BCUT2D eigenvalue weighted by Gasteiger charge is -2.41. The first-order valence-electron chi connectivity index (χ1n) is 18.4. The summed E-state index contributed by atoms with van der Waals surface area (Å²) >= 11 is 34.3. The lowest BCUT2D eigenvalue weighted by atomic mass is 10.2. The van der Waals surface area contributed by atoms with E-state index in [0.29, 0.717) is 87.6 Å². The molecule has 22 heteroatoms. The zero-order chi connectivity index (χ0) is 43.4. The number of piperazine rings is 2. The number of hydrogen-bond donors (Lipinski definition) is 0. The van der Waals surface area contributed by atoms with Gasteiger partial charge in [0.25, 0.3) is 0 Å². The lowest BCUT2D eigenvalue weighted by Crippen LogP contribution is -2.55. The SMILES string of the molecule is C=CCOc1nc(-c2scnc2Cl)nc(N2CCN(C(=O)OC(C)(C)C)C[C@H]2C)c1Cl.C[C@@H]1CN(C(=O)OC(C)(C)C)CCN1c1nc(-c2scnc2Cl)nc(Cl)c1Cl. The van der Waals surface area contributed by atoms with Gasteiger partial charge in [0.05, 0.1) is 11.0 Å². The van der Waals surface area contributed by atoms with E-state index in [9.17, 15) is 9.59 Å². The molecule has 0 aliphatic carbocycles. The zero-order valence-electron chi connectivity index (χ0n) is 33.8. The van der Waals surface area contributed by atoms with Crippen LogP contribution in [0.15, 0.2) is 23.7 Å². The van der Waals surface area contributed by atoms with Crippen LogP contribution in [-0.4, -0.2) is 121 Å². The van der Waals surface area contributed by atoms with Crippen molar-refractivity contribution in [1.82, 2.24) is 39.7 Å². The number of aromatic nitrogens is 6. The van der Waals surface area contributed by atoms with Crippen molar-refractivity contribution in [3.05, 3.63) is 49.2 Å². The van der Waals surface area contributed by atoms with Crippen molar-refractivity contribution in [2.24, 2.45) is 0 Å². The largest absolute Gasteiger partial charge is 0.472 e. The average Bonchev–Trinajstić information content (AvgIpc) is 3.79. The summed E-state index contributed by atoms with van der Waals surface area (Å²) < 4.78 is 16.6. The molecule has 0 saturated carbocycles. The van der Waals surface area contributed by atoms with Crippen LogP contribution >= 0.6 is 80.7 Å². The van der Waals surface area contributed by atoms with Crippen LogP contribution in [0.25, 0.3) is 21.4 Å². The second-order valence-corrected chi connectivity index (χ2v) is 19.0. The average molecular weight is 951 g/mol. The van der Waals surface area contributed by atoms with Crippen LogP contribution in [0.2, 0.25) is 25.5 Å². The summed E-state index contributed by atoms with van der Waals surface area (Å²) in [5.74, 6) is 2.03. The van der Waals surface area contributed by atoms with Gasteiger partial charge < -0.3 is 33.8 Å². The molecule has 0 bridgehead atoms. The standard InChI is InChI=1S/C20H25Cl2N5O3S.C17H20Cl3N5O2S/c1-6-9-29-18-13(21)17(24-16(25-18)14-15(22)23-11-31-14)27-8-7-26(10-12(27)2)19(28)30-20(3,4)5;1-9-7-24(16(26)27-17(2,3)4)5-6-25(9)15-10(18)12(19)22-14(23-15)11-13(20)21-8-28-11/h6,11-12H,1,7-10H2,2-5H3;8-9H,5-7H2,1-4H3/t12-;9-/m11/s1. The second kappa shape index (κ2) is 19.5. The van der Waals surface area contributed by atoms with Gasteiger partial charge in [-0.1, -0.05) is 70.7 Å². The van der Waals surface area contributed by atoms with Crippen molar-refractivity contribution in [1.29, 1.82) is 0 Å². The predicted molar refractivity (Wildman–Crippen MR) is 236 cm³/mol. The van der Waals surface area contributed by atoms with Crippen molar-refractivity contribution >= 4 is 105 Å². The van der Waals surface area contributed by atoms with E-state index in [1.54, 1.807) is 26.9 Å². The number of hydrogen-bond acceptors (Lipinski definition) is 15. The van der Waals surface area contributed by atoms with Crippen molar-refractivity contribution in [3.8, 4) is 27.3 Å². The Bertz CT molecular complexity index is 2150. The molecule has 0 aromatic carbocycles. The minimum atomic E-state index is -0.548. The number of thiazole rings is 2. The van der Waals surface area contributed by atoms with Crippen LogP contribution in [0.3, 0.4) is 0 Å². The molecule has 2 atom stereocenters. The molecule has 2 aliphatic rings. The summed E-state index contributed by atoms with van der Waals surface area (Å²) in [7, 11) is 0. The van der Waals surface area contributed by atoms with Crippen LogP contribution in [-0.2, 0) is 9.47 Å². The van der Waals surface area contributed by atoms with Gasteiger partial charge in [-0.2, -0.15) is 4.98 Å². The van der Waals surface area contributed by atoms with Crippen LogP contribution in [0.1, 0.15) is 55.4 Å². The Morgan fingerprint density at radius 3 is 1.54 bits per heavy atom. The molecule has 2 saturated heterocycles. The third kappa shape index (κ3) is 11.9. The number of rotatable bonds is 7. The molecular formula is C37H45Cl5N10O5S2. The van der Waals surface area contributed by atoms with Crippen LogP contribution in [0.5, 0.6) is 5.88 Å². The van der Waals surface area contributed by atoms with Crippen LogP contribution in [0.4, 0.5) is 21.2 Å². The quantitative estimate of drug-likeness (QED) is 0.128. The van der Waals surface area contributed by atoms with Gasteiger partial charge in [-0.15, -0.1) is 22.7 Å². The summed E-state index contributed by atoms with van der Waals surface area (Å²) in [5, 5.41) is 1.34. The second-order valence-electron chi connectivity index (χ2n) is 15.4. The van der Waals surface area contributed by atoms with Crippen LogP contribution < -0.4 is 14.5 Å². The van der Waals surface area contributed by atoms with Crippen LogP contribution in [0, 0.1) is 0 Å². The Balaban J connectivity index is 0.000000225. The van der Waals surface area contributed by atoms with Gasteiger partial charge in [0.2, 0.25) is 5.88 Å². The molecule has 0 spiro atoms. The molecular weight excluding hydrogens is 906 g/mol. The molecule has 2 fully saturated rings. The van der Waals surface area contributed by atoms with E-state index in [2.05, 4.69) is 36.5 Å². The van der Waals surface area contributed by atoms with Gasteiger partial charge in [-0.25, -0.2) is 34.5 Å². The molecule has 2 aliphatic heterocycles. The maximum absolute atomic E-state index is 12.5. The molecule has 4 aromatic rings. The summed E-state index contributed by atoms with van der Waals surface area (Å²) in [5.41, 5.74) is 2.16. The first kappa shape index (κ1) is 46.6. The van der Waals surface area contributed by atoms with Gasteiger partial charge in [-0.3, -0.25) is 0 Å². The first-order valence-corrected chi connectivity index (χ1v) is 22.0. The maximum atomic E-state index is 12.5. The zero-order valence-corrected chi connectivity index (χ0v) is 39.2. The Morgan fingerprint density at radius 2 is 1.15 bits per heavy atom. The summed E-state index contributed by atoms with van der Waals surface area (Å²) in [4.78, 5) is 59.5. The monoisotopic (exact) mass is 948 g/mol. The fourth-order valence-electron chi connectivity index (χ4n) is 5.93. The van der Waals surface area contributed by atoms with Crippen molar-refractivity contribution in [3.63, 3.8) is 0 Å². The van der Waals surface area contributed by atoms with Gasteiger partial charge >= 0.3 is 12.2 Å². The molecule has 2 amide bonds. The third-order valence-corrected chi connectivity index (χ3v) is 12.0. The Labute approximate surface area is 376 Å². The number of amides is 2. The minimum Gasteiger partial charge on any atom is -0.472 e.